The van der Waals surface area contributed by atoms with Gasteiger partial charge in [-0.15, -0.1) is 0 Å². The molecule has 0 saturated carbocycles. The fraction of sp³-hybridized carbons (Fsp3) is 0.100. The molecule has 0 aliphatic carbocycles. The van der Waals surface area contributed by atoms with Crippen molar-refractivity contribution in [1.82, 2.24) is 4.98 Å². The minimum Gasteiger partial charge on any atom is -0.322 e. The molecular weight excluding hydrogens is 284 g/mol. The molecule has 3 heteroatoms. The maximum Gasteiger partial charge on any atom is 0.248 e. The van der Waals surface area contributed by atoms with E-state index in [0.717, 1.165) is 33.3 Å². The number of anilines is 1. The Labute approximate surface area is 135 Å². The average Bonchev–Trinajstić information content (AvgIpc) is 2.56. The van der Waals surface area contributed by atoms with E-state index in [1.54, 1.807) is 18.3 Å². The first-order valence-electron chi connectivity index (χ1n) is 7.53. The number of aromatic nitrogens is 1. The van der Waals surface area contributed by atoms with Crippen LogP contribution in [0.15, 0.2) is 60.8 Å². The number of hydrogen-bond acceptors (Lipinski definition) is 2. The number of nitrogens with one attached hydrogen (secondary N) is 1. The largest absolute Gasteiger partial charge is 0.322 e. The molecule has 1 amide bonds. The highest BCUT2D eigenvalue weighted by atomic mass is 16.1. The van der Waals surface area contributed by atoms with E-state index in [4.69, 9.17) is 0 Å². The summed E-state index contributed by atoms with van der Waals surface area (Å²) in [5.74, 6) is -0.147. The number of pyridine rings is 1. The summed E-state index contributed by atoms with van der Waals surface area (Å²) in [6, 6.07) is 15.9. The normalized spacial score (nSPS) is 11.0. The van der Waals surface area contributed by atoms with Gasteiger partial charge in [-0.05, 0) is 43.2 Å². The molecule has 3 nitrogen and oxygen atoms in total. The Hall–Kier alpha value is -2.94. The van der Waals surface area contributed by atoms with Crippen molar-refractivity contribution >= 4 is 28.6 Å². The van der Waals surface area contributed by atoms with E-state index >= 15 is 0 Å². The van der Waals surface area contributed by atoms with Crippen molar-refractivity contribution in [2.24, 2.45) is 0 Å². The molecule has 0 aliphatic rings. The average molecular weight is 302 g/mol. The van der Waals surface area contributed by atoms with E-state index in [9.17, 15) is 4.79 Å². The molecule has 0 aliphatic heterocycles. The first kappa shape index (κ1) is 15.0. The monoisotopic (exact) mass is 302 g/mol. The molecule has 1 N–H and O–H groups in total. The van der Waals surface area contributed by atoms with Crippen LogP contribution in [0, 0.1) is 13.8 Å². The molecule has 1 heterocycles. The zero-order chi connectivity index (χ0) is 16.2. The van der Waals surface area contributed by atoms with Crippen LogP contribution >= 0.6 is 0 Å². The lowest BCUT2D eigenvalue weighted by Gasteiger charge is -2.07. The zero-order valence-electron chi connectivity index (χ0n) is 13.2. The van der Waals surface area contributed by atoms with Gasteiger partial charge in [-0.2, -0.15) is 0 Å². The van der Waals surface area contributed by atoms with Crippen molar-refractivity contribution in [2.45, 2.75) is 13.8 Å². The maximum absolute atomic E-state index is 12.2. The highest BCUT2D eigenvalue weighted by molar-refractivity contribution is 6.03. The van der Waals surface area contributed by atoms with Crippen LogP contribution in [0.25, 0.3) is 17.0 Å². The third kappa shape index (κ3) is 3.46. The number of amides is 1. The molecule has 23 heavy (non-hydrogen) atoms. The number of carbonyl (C=O) groups is 1. The van der Waals surface area contributed by atoms with Gasteiger partial charge in [0.05, 0.1) is 5.52 Å². The van der Waals surface area contributed by atoms with Gasteiger partial charge in [0.1, 0.15) is 0 Å². The summed E-state index contributed by atoms with van der Waals surface area (Å²) in [5, 5.41) is 3.98. The molecule has 0 unspecified atom stereocenters. The second-order valence-electron chi connectivity index (χ2n) is 5.56. The third-order valence-corrected chi connectivity index (χ3v) is 3.73. The number of benzene rings is 2. The zero-order valence-corrected chi connectivity index (χ0v) is 13.2. The van der Waals surface area contributed by atoms with Gasteiger partial charge in [0.25, 0.3) is 0 Å². The Morgan fingerprint density at radius 1 is 1.09 bits per heavy atom. The molecule has 2 aromatic carbocycles. The number of fused-ring (bicyclic) bond motifs is 1. The van der Waals surface area contributed by atoms with Crippen LogP contribution in [0.5, 0.6) is 0 Å². The van der Waals surface area contributed by atoms with Gasteiger partial charge in [-0.25, -0.2) is 0 Å². The van der Waals surface area contributed by atoms with Crippen molar-refractivity contribution in [2.75, 3.05) is 5.32 Å². The van der Waals surface area contributed by atoms with Crippen LogP contribution in [0.1, 0.15) is 16.7 Å². The molecule has 0 saturated heterocycles. The summed E-state index contributed by atoms with van der Waals surface area (Å²) in [6.07, 6.45) is 5.11. The Morgan fingerprint density at radius 3 is 2.78 bits per heavy atom. The molecular formula is C20H18N2O. The van der Waals surface area contributed by atoms with Crippen LogP contribution in [0.2, 0.25) is 0 Å². The summed E-state index contributed by atoms with van der Waals surface area (Å²) in [4.78, 5) is 16.6. The summed E-state index contributed by atoms with van der Waals surface area (Å²) in [6.45, 7) is 3.99. The number of para-hydroxylation sites is 1. The third-order valence-electron chi connectivity index (χ3n) is 3.73. The van der Waals surface area contributed by atoms with Crippen LogP contribution in [-0.4, -0.2) is 10.9 Å². The quantitative estimate of drug-likeness (QED) is 0.724. The summed E-state index contributed by atoms with van der Waals surface area (Å²) >= 11 is 0. The van der Waals surface area contributed by atoms with E-state index in [-0.39, 0.29) is 5.91 Å². The molecule has 0 spiro atoms. The van der Waals surface area contributed by atoms with Crippen molar-refractivity contribution in [3.05, 3.63) is 77.5 Å². The smallest absolute Gasteiger partial charge is 0.248 e. The molecule has 0 bridgehead atoms. The first-order valence-corrected chi connectivity index (χ1v) is 7.53. The van der Waals surface area contributed by atoms with E-state index in [1.165, 1.54) is 0 Å². The summed E-state index contributed by atoms with van der Waals surface area (Å²) in [7, 11) is 0. The highest BCUT2D eigenvalue weighted by Gasteiger charge is 2.03. The van der Waals surface area contributed by atoms with E-state index < -0.39 is 0 Å². The van der Waals surface area contributed by atoms with Gasteiger partial charge in [0.15, 0.2) is 0 Å². The van der Waals surface area contributed by atoms with Crippen molar-refractivity contribution in [3.63, 3.8) is 0 Å². The van der Waals surface area contributed by atoms with Gasteiger partial charge >= 0.3 is 0 Å². The Kier molecular flexibility index (Phi) is 4.20. The van der Waals surface area contributed by atoms with Gasteiger partial charge in [0, 0.05) is 28.9 Å². The van der Waals surface area contributed by atoms with E-state index in [1.807, 2.05) is 62.4 Å². The van der Waals surface area contributed by atoms with Gasteiger partial charge in [0.2, 0.25) is 5.91 Å². The minimum absolute atomic E-state index is 0.147. The van der Waals surface area contributed by atoms with Crippen molar-refractivity contribution in [3.8, 4) is 0 Å². The van der Waals surface area contributed by atoms with Crippen LogP contribution in [0.3, 0.4) is 0 Å². The highest BCUT2D eigenvalue weighted by Crippen LogP contribution is 2.18. The molecule has 0 radical (unpaired) electrons. The summed E-state index contributed by atoms with van der Waals surface area (Å²) < 4.78 is 0. The number of hydrogen-bond donors (Lipinski definition) is 1. The lowest BCUT2D eigenvalue weighted by atomic mass is 10.1. The molecule has 0 fully saturated rings. The van der Waals surface area contributed by atoms with Crippen LogP contribution in [0.4, 0.5) is 5.69 Å². The lowest BCUT2D eigenvalue weighted by molar-refractivity contribution is -0.111. The minimum atomic E-state index is -0.147. The fourth-order valence-corrected chi connectivity index (χ4v) is 2.47. The maximum atomic E-state index is 12.2. The lowest BCUT2D eigenvalue weighted by Crippen LogP contribution is -2.09. The van der Waals surface area contributed by atoms with Gasteiger partial charge in [-0.1, -0.05) is 36.4 Å². The van der Waals surface area contributed by atoms with Gasteiger partial charge < -0.3 is 5.32 Å². The fourth-order valence-electron chi connectivity index (χ4n) is 2.47. The number of aryl methyl sites for hydroxylation is 2. The van der Waals surface area contributed by atoms with E-state index in [2.05, 4.69) is 10.3 Å². The molecule has 1 aromatic heterocycles. The second-order valence-corrected chi connectivity index (χ2v) is 5.56. The first-order chi connectivity index (χ1) is 11.1. The standard InChI is InChI=1S/C20H18N2O/c1-14-8-9-15(2)18(13-14)22-19(23)11-10-17-6-3-5-16-7-4-12-21-20(16)17/h3-13H,1-2H3,(H,22,23)/b11-10+. The predicted octanol–water partition coefficient (Wildman–Crippen LogP) is 4.50. The molecule has 3 aromatic rings. The van der Waals surface area contributed by atoms with E-state index in [0.29, 0.717) is 0 Å². The Morgan fingerprint density at radius 2 is 1.91 bits per heavy atom. The van der Waals surface area contributed by atoms with Gasteiger partial charge in [-0.3, -0.25) is 9.78 Å². The Bertz CT molecular complexity index is 892. The number of carbonyl (C=O) groups excluding carboxylic acids is 1. The van der Waals surface area contributed by atoms with Crippen molar-refractivity contribution in [1.29, 1.82) is 0 Å². The number of nitrogens with zero attached hydrogens (tertiary/aromatic N) is 1. The topological polar surface area (TPSA) is 42.0 Å². The molecule has 0 atom stereocenters. The Balaban J connectivity index is 1.82. The number of rotatable bonds is 3. The molecule has 3 rings (SSSR count). The molecule has 114 valence electrons. The second kappa shape index (κ2) is 6.44. The van der Waals surface area contributed by atoms with Crippen molar-refractivity contribution < 1.29 is 4.79 Å². The predicted molar refractivity (Wildman–Crippen MR) is 95.3 cm³/mol. The summed E-state index contributed by atoms with van der Waals surface area (Å²) in [5.41, 5.74) is 4.83. The van der Waals surface area contributed by atoms with Crippen LogP contribution in [-0.2, 0) is 4.79 Å². The SMILES string of the molecule is Cc1ccc(C)c(NC(=O)/C=C/c2cccc3cccnc23)c1. The van der Waals surface area contributed by atoms with Crippen LogP contribution < -0.4 is 5.32 Å².